The molecule has 1 saturated heterocycles. The molecule has 6 heteroatoms. The van der Waals surface area contributed by atoms with Gasteiger partial charge in [0.2, 0.25) is 0 Å². The lowest BCUT2D eigenvalue weighted by Crippen LogP contribution is -2.45. The minimum absolute atomic E-state index is 0.0452. The molecular weight excluding hydrogens is 318 g/mol. The van der Waals surface area contributed by atoms with E-state index in [-0.39, 0.29) is 11.8 Å². The number of nitrogens with zero attached hydrogens (tertiary/aromatic N) is 1. The van der Waals surface area contributed by atoms with Crippen molar-refractivity contribution in [2.75, 3.05) is 38.1 Å². The predicted octanol–water partition coefficient (Wildman–Crippen LogP) is 2.86. The van der Waals surface area contributed by atoms with E-state index in [1.807, 2.05) is 0 Å². The van der Waals surface area contributed by atoms with Crippen LogP contribution in [0.25, 0.3) is 0 Å². The van der Waals surface area contributed by atoms with Crippen LogP contribution in [0.15, 0.2) is 16.6 Å². The molecule has 1 unspecified atom stereocenters. The molecule has 106 valence electrons. The summed E-state index contributed by atoms with van der Waals surface area (Å²) in [5.74, 6) is -1.20. The van der Waals surface area contributed by atoms with Crippen LogP contribution >= 0.6 is 15.9 Å². The van der Waals surface area contributed by atoms with Gasteiger partial charge in [0.05, 0.1) is 12.7 Å². The van der Waals surface area contributed by atoms with Crippen molar-refractivity contribution in [2.45, 2.75) is 13.0 Å². The molecule has 2 rings (SSSR count). The van der Waals surface area contributed by atoms with Crippen LogP contribution in [-0.2, 0) is 4.74 Å². The van der Waals surface area contributed by atoms with Crippen molar-refractivity contribution in [3.63, 3.8) is 0 Å². The Morgan fingerprint density at radius 3 is 2.74 bits per heavy atom. The second-order valence-corrected chi connectivity index (χ2v) is 5.43. The van der Waals surface area contributed by atoms with E-state index in [1.165, 1.54) is 12.1 Å². The molecule has 1 atom stereocenters. The molecule has 1 N–H and O–H groups in total. The van der Waals surface area contributed by atoms with Crippen molar-refractivity contribution in [3.8, 4) is 0 Å². The van der Waals surface area contributed by atoms with Crippen molar-refractivity contribution in [1.29, 1.82) is 0 Å². The SMILES string of the molecule is CCN1CCOC(CNc2c(F)cc(Br)cc2F)C1. The first kappa shape index (κ1) is 14.7. The van der Waals surface area contributed by atoms with Gasteiger partial charge in [-0.3, -0.25) is 4.90 Å². The number of anilines is 1. The summed E-state index contributed by atoms with van der Waals surface area (Å²) >= 11 is 3.05. The Kier molecular flexibility index (Phi) is 5.13. The first-order valence-corrected chi connectivity index (χ1v) is 7.11. The number of halogens is 3. The molecule has 0 spiro atoms. The van der Waals surface area contributed by atoms with Crippen molar-refractivity contribution in [3.05, 3.63) is 28.2 Å². The summed E-state index contributed by atoms with van der Waals surface area (Å²) in [7, 11) is 0. The number of benzene rings is 1. The molecule has 19 heavy (non-hydrogen) atoms. The van der Waals surface area contributed by atoms with Crippen molar-refractivity contribution in [2.24, 2.45) is 0 Å². The van der Waals surface area contributed by atoms with Gasteiger partial charge in [0.15, 0.2) is 0 Å². The lowest BCUT2D eigenvalue weighted by atomic mass is 10.2. The number of ether oxygens (including phenoxy) is 1. The first-order valence-electron chi connectivity index (χ1n) is 6.32. The van der Waals surface area contributed by atoms with E-state index < -0.39 is 11.6 Å². The third-order valence-corrected chi connectivity index (χ3v) is 3.64. The molecular formula is C13H17BrF2N2O. The minimum Gasteiger partial charge on any atom is -0.378 e. The normalized spacial score (nSPS) is 20.5. The Hall–Kier alpha value is -0.720. The smallest absolute Gasteiger partial charge is 0.150 e. The highest BCUT2D eigenvalue weighted by Gasteiger charge is 2.20. The van der Waals surface area contributed by atoms with Gasteiger partial charge in [-0.1, -0.05) is 22.9 Å². The monoisotopic (exact) mass is 334 g/mol. The maximum atomic E-state index is 13.6. The average Bonchev–Trinajstić information content (AvgIpc) is 2.37. The predicted molar refractivity (Wildman–Crippen MR) is 74.4 cm³/mol. The molecule has 1 fully saturated rings. The van der Waals surface area contributed by atoms with Crippen LogP contribution in [-0.4, -0.2) is 43.8 Å². The van der Waals surface area contributed by atoms with E-state index >= 15 is 0 Å². The number of morpholine rings is 1. The number of rotatable bonds is 4. The highest BCUT2D eigenvalue weighted by molar-refractivity contribution is 9.10. The summed E-state index contributed by atoms with van der Waals surface area (Å²) in [6.07, 6.45) is -0.0452. The average molecular weight is 335 g/mol. The first-order chi connectivity index (χ1) is 9.10. The zero-order chi connectivity index (χ0) is 13.8. The summed E-state index contributed by atoms with van der Waals surface area (Å²) in [6, 6.07) is 2.48. The van der Waals surface area contributed by atoms with Crippen LogP contribution in [0.3, 0.4) is 0 Å². The molecule has 1 aliphatic rings. The fourth-order valence-electron chi connectivity index (χ4n) is 2.12. The van der Waals surface area contributed by atoms with E-state index in [1.54, 1.807) is 0 Å². The minimum atomic E-state index is -0.602. The number of hydrogen-bond acceptors (Lipinski definition) is 3. The molecule has 1 heterocycles. The van der Waals surface area contributed by atoms with Gasteiger partial charge in [-0.25, -0.2) is 8.78 Å². The van der Waals surface area contributed by atoms with Crippen LogP contribution in [0, 0.1) is 11.6 Å². The topological polar surface area (TPSA) is 24.5 Å². The maximum Gasteiger partial charge on any atom is 0.150 e. The molecule has 1 aliphatic heterocycles. The lowest BCUT2D eigenvalue weighted by molar-refractivity contribution is -0.0192. The molecule has 0 radical (unpaired) electrons. The molecule has 1 aromatic carbocycles. The van der Waals surface area contributed by atoms with Crippen molar-refractivity contribution < 1.29 is 13.5 Å². The van der Waals surface area contributed by atoms with Gasteiger partial charge in [-0.2, -0.15) is 0 Å². The molecule has 0 amide bonds. The number of nitrogens with one attached hydrogen (secondary N) is 1. The Morgan fingerprint density at radius 1 is 1.42 bits per heavy atom. The van der Waals surface area contributed by atoms with Gasteiger partial charge in [0.1, 0.15) is 17.3 Å². The van der Waals surface area contributed by atoms with E-state index in [9.17, 15) is 8.78 Å². The van der Waals surface area contributed by atoms with Crippen LogP contribution in [0.4, 0.5) is 14.5 Å². The van der Waals surface area contributed by atoms with E-state index in [2.05, 4.69) is 33.1 Å². The number of hydrogen-bond donors (Lipinski definition) is 1. The maximum absolute atomic E-state index is 13.6. The summed E-state index contributed by atoms with van der Waals surface area (Å²) in [4.78, 5) is 2.25. The Morgan fingerprint density at radius 2 is 2.11 bits per heavy atom. The Labute approximate surface area is 120 Å². The Bertz CT molecular complexity index is 422. The number of likely N-dealkylation sites (N-methyl/N-ethyl adjacent to an activating group) is 1. The quantitative estimate of drug-likeness (QED) is 0.916. The second kappa shape index (κ2) is 6.63. The van der Waals surface area contributed by atoms with Crippen molar-refractivity contribution in [1.82, 2.24) is 4.90 Å². The molecule has 0 bridgehead atoms. The van der Waals surface area contributed by atoms with Crippen molar-refractivity contribution >= 4 is 21.6 Å². The molecule has 0 saturated carbocycles. The fourth-order valence-corrected chi connectivity index (χ4v) is 2.52. The molecule has 0 aromatic heterocycles. The zero-order valence-electron chi connectivity index (χ0n) is 10.8. The van der Waals surface area contributed by atoms with Gasteiger partial charge in [-0.15, -0.1) is 0 Å². The van der Waals surface area contributed by atoms with Crippen LogP contribution < -0.4 is 5.32 Å². The largest absolute Gasteiger partial charge is 0.378 e. The van der Waals surface area contributed by atoms with Crippen LogP contribution in [0.5, 0.6) is 0 Å². The summed E-state index contributed by atoms with van der Waals surface area (Å²) in [6.45, 7) is 5.79. The third-order valence-electron chi connectivity index (χ3n) is 3.18. The van der Waals surface area contributed by atoms with Gasteiger partial charge in [0.25, 0.3) is 0 Å². The van der Waals surface area contributed by atoms with Gasteiger partial charge in [-0.05, 0) is 18.7 Å². The van der Waals surface area contributed by atoms with Crippen LogP contribution in [0.1, 0.15) is 6.92 Å². The summed E-state index contributed by atoms with van der Waals surface area (Å²) < 4.78 is 33.2. The highest BCUT2D eigenvalue weighted by Crippen LogP contribution is 2.23. The lowest BCUT2D eigenvalue weighted by Gasteiger charge is -2.32. The Balaban J connectivity index is 1.95. The summed E-state index contributed by atoms with van der Waals surface area (Å²) in [5, 5.41) is 2.80. The van der Waals surface area contributed by atoms with E-state index in [4.69, 9.17) is 4.74 Å². The standard InChI is InChI=1S/C13H17BrF2N2O/c1-2-18-3-4-19-10(8-18)7-17-13-11(15)5-9(14)6-12(13)16/h5-6,10,17H,2-4,7-8H2,1H3. The summed E-state index contributed by atoms with van der Waals surface area (Å²) in [5.41, 5.74) is -0.0968. The molecule has 3 nitrogen and oxygen atoms in total. The molecule has 1 aromatic rings. The van der Waals surface area contributed by atoms with Gasteiger partial charge in [0, 0.05) is 24.1 Å². The van der Waals surface area contributed by atoms with E-state index in [0.29, 0.717) is 17.6 Å². The van der Waals surface area contributed by atoms with E-state index in [0.717, 1.165) is 19.6 Å². The molecule has 0 aliphatic carbocycles. The second-order valence-electron chi connectivity index (χ2n) is 4.51. The van der Waals surface area contributed by atoms with Gasteiger partial charge < -0.3 is 10.1 Å². The van der Waals surface area contributed by atoms with Gasteiger partial charge >= 0.3 is 0 Å². The highest BCUT2D eigenvalue weighted by atomic mass is 79.9. The third kappa shape index (κ3) is 3.87. The fraction of sp³-hybridized carbons (Fsp3) is 0.538. The van der Waals surface area contributed by atoms with Crippen LogP contribution in [0.2, 0.25) is 0 Å². The zero-order valence-corrected chi connectivity index (χ0v) is 12.3.